The van der Waals surface area contributed by atoms with E-state index in [0.29, 0.717) is 23.5 Å². The molecule has 2 N–H and O–H groups in total. The summed E-state index contributed by atoms with van der Waals surface area (Å²) in [6.45, 7) is 1.92. The summed E-state index contributed by atoms with van der Waals surface area (Å²) >= 11 is 4.88. The maximum Gasteiger partial charge on any atom is 0.161 e. The summed E-state index contributed by atoms with van der Waals surface area (Å²) in [5.41, 5.74) is 6.20. The molecule has 1 rings (SSSR count). The second-order valence-electron chi connectivity index (χ2n) is 4.23. The van der Waals surface area contributed by atoms with E-state index in [9.17, 15) is 8.42 Å². The van der Waals surface area contributed by atoms with Crippen molar-refractivity contribution >= 4 is 27.0 Å². The van der Waals surface area contributed by atoms with Crippen LogP contribution in [0.5, 0.6) is 11.5 Å². The Kier molecular flexibility index (Phi) is 6.22. The monoisotopic (exact) mass is 317 g/mol. The number of ether oxygens (including phenoxy) is 2. The topological polar surface area (TPSA) is 78.6 Å². The van der Waals surface area contributed by atoms with E-state index >= 15 is 0 Å². The SMILES string of the molecule is CCCS(=O)(=O)CCOc1ccc(C(N)=S)cc1OC. The minimum atomic E-state index is -3.05. The van der Waals surface area contributed by atoms with Gasteiger partial charge in [-0.15, -0.1) is 0 Å². The highest BCUT2D eigenvalue weighted by Crippen LogP contribution is 2.28. The lowest BCUT2D eigenvalue weighted by Gasteiger charge is -2.12. The van der Waals surface area contributed by atoms with Crippen molar-refractivity contribution in [2.45, 2.75) is 13.3 Å². The van der Waals surface area contributed by atoms with E-state index in [0.717, 1.165) is 0 Å². The molecule has 0 radical (unpaired) electrons. The minimum Gasteiger partial charge on any atom is -0.493 e. The highest BCUT2D eigenvalue weighted by atomic mass is 32.2. The van der Waals surface area contributed by atoms with E-state index < -0.39 is 9.84 Å². The molecular weight excluding hydrogens is 298 g/mol. The Morgan fingerprint density at radius 1 is 1.30 bits per heavy atom. The highest BCUT2D eigenvalue weighted by Gasteiger charge is 2.11. The molecular formula is C13H19NO4S2. The van der Waals surface area contributed by atoms with Crippen LogP contribution >= 0.6 is 12.2 Å². The number of hydrogen-bond donors (Lipinski definition) is 1. The summed E-state index contributed by atoms with van der Waals surface area (Å²) < 4.78 is 33.8. The molecule has 0 bridgehead atoms. The average Bonchev–Trinajstić information content (AvgIpc) is 2.38. The fourth-order valence-electron chi connectivity index (χ4n) is 1.63. The lowest BCUT2D eigenvalue weighted by Crippen LogP contribution is -2.17. The molecule has 20 heavy (non-hydrogen) atoms. The van der Waals surface area contributed by atoms with Crippen molar-refractivity contribution < 1.29 is 17.9 Å². The molecule has 7 heteroatoms. The number of sulfone groups is 1. The molecule has 0 aromatic heterocycles. The van der Waals surface area contributed by atoms with Gasteiger partial charge in [0.15, 0.2) is 21.3 Å². The van der Waals surface area contributed by atoms with Gasteiger partial charge in [-0.2, -0.15) is 0 Å². The van der Waals surface area contributed by atoms with E-state index in [1.165, 1.54) is 7.11 Å². The summed E-state index contributed by atoms with van der Waals surface area (Å²) in [4.78, 5) is 0.264. The van der Waals surface area contributed by atoms with Gasteiger partial charge in [-0.05, 0) is 24.6 Å². The Labute approximate surface area is 125 Å². The Bertz CT molecular complexity index is 570. The molecule has 0 aliphatic heterocycles. The smallest absolute Gasteiger partial charge is 0.161 e. The van der Waals surface area contributed by atoms with Gasteiger partial charge in [0.1, 0.15) is 11.6 Å². The molecule has 0 aliphatic rings. The van der Waals surface area contributed by atoms with Crippen molar-refractivity contribution in [3.63, 3.8) is 0 Å². The van der Waals surface area contributed by atoms with E-state index in [4.69, 9.17) is 27.4 Å². The minimum absolute atomic E-state index is 0.0129. The molecule has 1 aromatic carbocycles. The number of methoxy groups -OCH3 is 1. The molecule has 0 spiro atoms. The van der Waals surface area contributed by atoms with Crippen molar-refractivity contribution in [1.29, 1.82) is 0 Å². The van der Waals surface area contributed by atoms with Crippen molar-refractivity contribution in [1.82, 2.24) is 0 Å². The summed E-state index contributed by atoms with van der Waals surface area (Å²) in [5, 5.41) is 0. The molecule has 112 valence electrons. The highest BCUT2D eigenvalue weighted by molar-refractivity contribution is 7.91. The van der Waals surface area contributed by atoms with Gasteiger partial charge >= 0.3 is 0 Å². The average molecular weight is 317 g/mol. The van der Waals surface area contributed by atoms with Crippen molar-refractivity contribution in [3.05, 3.63) is 23.8 Å². The molecule has 1 aromatic rings. The van der Waals surface area contributed by atoms with Gasteiger partial charge in [-0.25, -0.2) is 8.42 Å². The maximum absolute atomic E-state index is 11.6. The third kappa shape index (κ3) is 4.97. The van der Waals surface area contributed by atoms with Gasteiger partial charge in [0.25, 0.3) is 0 Å². The molecule has 0 atom stereocenters. The third-order valence-electron chi connectivity index (χ3n) is 2.62. The molecule has 0 aliphatic carbocycles. The van der Waals surface area contributed by atoms with Gasteiger partial charge in [0, 0.05) is 5.56 Å². The van der Waals surface area contributed by atoms with E-state index in [2.05, 4.69) is 0 Å². The van der Waals surface area contributed by atoms with Crippen LogP contribution in [-0.2, 0) is 9.84 Å². The van der Waals surface area contributed by atoms with Crippen LogP contribution in [0.15, 0.2) is 18.2 Å². The summed E-state index contributed by atoms with van der Waals surface area (Å²) in [6.07, 6.45) is 0.605. The Morgan fingerprint density at radius 2 is 2.00 bits per heavy atom. The summed E-state index contributed by atoms with van der Waals surface area (Å²) in [5.74, 6) is 1.11. The van der Waals surface area contributed by atoms with Crippen LogP contribution in [0.25, 0.3) is 0 Å². The molecule has 5 nitrogen and oxygen atoms in total. The number of rotatable bonds is 8. The molecule has 0 unspecified atom stereocenters. The quantitative estimate of drug-likeness (QED) is 0.733. The fourth-order valence-corrected chi connectivity index (χ4v) is 2.92. The third-order valence-corrected chi connectivity index (χ3v) is 4.67. The standard InChI is InChI=1S/C13H19NO4S2/c1-3-7-20(15,16)8-6-18-11-5-4-10(13(14)19)9-12(11)17-2/h4-5,9H,3,6-8H2,1-2H3,(H2,14,19). The zero-order valence-electron chi connectivity index (χ0n) is 11.6. The second kappa shape index (κ2) is 7.44. The van der Waals surface area contributed by atoms with E-state index in [1.54, 1.807) is 18.2 Å². The predicted molar refractivity (Wildman–Crippen MR) is 83.3 cm³/mol. The molecule has 0 amide bonds. The van der Waals surface area contributed by atoms with Gasteiger partial charge in [-0.1, -0.05) is 19.1 Å². The molecule has 0 heterocycles. The number of thiocarbonyl (C=S) groups is 1. The van der Waals surface area contributed by atoms with E-state index in [-0.39, 0.29) is 23.1 Å². The number of nitrogens with two attached hydrogens (primary N) is 1. The van der Waals surface area contributed by atoms with Crippen LogP contribution in [0.2, 0.25) is 0 Å². The van der Waals surface area contributed by atoms with E-state index in [1.807, 2.05) is 6.92 Å². The zero-order chi connectivity index (χ0) is 15.2. The summed E-state index contributed by atoms with van der Waals surface area (Å²) in [7, 11) is -1.55. The van der Waals surface area contributed by atoms with Gasteiger partial charge in [0.05, 0.1) is 18.6 Å². The lowest BCUT2D eigenvalue weighted by atomic mass is 10.2. The van der Waals surface area contributed by atoms with Gasteiger partial charge < -0.3 is 15.2 Å². The zero-order valence-corrected chi connectivity index (χ0v) is 13.2. The van der Waals surface area contributed by atoms with Crippen LogP contribution in [-0.4, -0.2) is 38.6 Å². The largest absolute Gasteiger partial charge is 0.493 e. The lowest BCUT2D eigenvalue weighted by molar-refractivity contribution is 0.311. The first-order valence-electron chi connectivity index (χ1n) is 6.20. The Hall–Kier alpha value is -1.34. The van der Waals surface area contributed by atoms with Crippen molar-refractivity contribution in [2.24, 2.45) is 5.73 Å². The maximum atomic E-state index is 11.6. The Morgan fingerprint density at radius 3 is 2.55 bits per heavy atom. The predicted octanol–water partition coefficient (Wildman–Crippen LogP) is 1.53. The Balaban J connectivity index is 2.71. The van der Waals surface area contributed by atoms with Crippen LogP contribution in [0.3, 0.4) is 0 Å². The van der Waals surface area contributed by atoms with Crippen molar-refractivity contribution in [2.75, 3.05) is 25.2 Å². The van der Waals surface area contributed by atoms with Crippen LogP contribution < -0.4 is 15.2 Å². The van der Waals surface area contributed by atoms with Crippen LogP contribution in [0.4, 0.5) is 0 Å². The number of benzene rings is 1. The van der Waals surface area contributed by atoms with Crippen molar-refractivity contribution in [3.8, 4) is 11.5 Å². The first-order chi connectivity index (χ1) is 9.39. The van der Waals surface area contributed by atoms with Gasteiger partial charge in [0.2, 0.25) is 0 Å². The van der Waals surface area contributed by atoms with Crippen LogP contribution in [0, 0.1) is 0 Å². The second-order valence-corrected chi connectivity index (χ2v) is 6.97. The molecule has 0 fully saturated rings. The normalized spacial score (nSPS) is 11.1. The first kappa shape index (κ1) is 16.7. The fraction of sp³-hybridized carbons (Fsp3) is 0.462. The first-order valence-corrected chi connectivity index (χ1v) is 8.43. The van der Waals surface area contributed by atoms with Gasteiger partial charge in [-0.3, -0.25) is 0 Å². The number of hydrogen-bond acceptors (Lipinski definition) is 5. The van der Waals surface area contributed by atoms with Crippen LogP contribution in [0.1, 0.15) is 18.9 Å². The molecule has 0 saturated carbocycles. The summed E-state index contributed by atoms with van der Waals surface area (Å²) in [6, 6.07) is 5.04. The molecule has 0 saturated heterocycles.